The van der Waals surface area contributed by atoms with Gasteiger partial charge < -0.3 is 19.5 Å². The minimum atomic E-state index is -0.605. The molecule has 15 heteroatoms. The number of ether oxygens (including phenoxy) is 3. The third-order valence-electron chi connectivity index (χ3n) is 4.23. The normalized spacial score (nSPS) is 10.1. The standard InChI is InChI=1S/C18H21ClN4O4.C7H6Cl2N2O2.C2H6/c1-5-26-15(24)13-10-20-16(19)23-14(13)21-11-7-6-8-12(9-11)22-17(25)27-18(2,3)4;1-2-13-6(12)4-3-10-7(9)11-5(4)8;1-2/h6-10H,5H2,1-4H3,(H,22,25)(H,20,21,23);3H,2H2,1H3;1-2H3. The van der Waals surface area contributed by atoms with Crippen LogP contribution in [0.25, 0.3) is 0 Å². The van der Waals surface area contributed by atoms with Gasteiger partial charge in [0.1, 0.15) is 27.7 Å². The van der Waals surface area contributed by atoms with Crippen molar-refractivity contribution in [3.8, 4) is 0 Å². The monoisotopic (exact) mass is 642 g/mol. The van der Waals surface area contributed by atoms with E-state index in [-0.39, 0.29) is 45.9 Å². The van der Waals surface area contributed by atoms with E-state index in [0.717, 1.165) is 0 Å². The molecule has 3 rings (SSSR count). The Labute approximate surface area is 259 Å². The summed E-state index contributed by atoms with van der Waals surface area (Å²) in [6, 6.07) is 6.83. The van der Waals surface area contributed by atoms with Crippen LogP contribution in [0.15, 0.2) is 36.7 Å². The van der Waals surface area contributed by atoms with Gasteiger partial charge in [0.15, 0.2) is 0 Å². The maximum Gasteiger partial charge on any atom is 0.412 e. The van der Waals surface area contributed by atoms with E-state index in [1.165, 1.54) is 12.4 Å². The maximum absolute atomic E-state index is 12.1. The van der Waals surface area contributed by atoms with Gasteiger partial charge in [0.05, 0.1) is 13.2 Å². The molecule has 0 spiro atoms. The van der Waals surface area contributed by atoms with Gasteiger partial charge in [-0.1, -0.05) is 31.5 Å². The van der Waals surface area contributed by atoms with Gasteiger partial charge in [0, 0.05) is 23.8 Å². The van der Waals surface area contributed by atoms with Crippen LogP contribution in [0.2, 0.25) is 15.7 Å². The molecule has 2 heterocycles. The molecule has 0 bridgehead atoms. The number of anilines is 3. The number of esters is 2. The Kier molecular flexibility index (Phi) is 15.5. The summed E-state index contributed by atoms with van der Waals surface area (Å²) >= 11 is 16.9. The molecule has 2 N–H and O–H groups in total. The number of rotatable bonds is 7. The summed E-state index contributed by atoms with van der Waals surface area (Å²) in [7, 11) is 0. The third kappa shape index (κ3) is 12.8. The van der Waals surface area contributed by atoms with Gasteiger partial charge in [0.25, 0.3) is 0 Å². The van der Waals surface area contributed by atoms with Crippen molar-refractivity contribution in [2.24, 2.45) is 0 Å². The first-order valence-corrected chi connectivity index (χ1v) is 13.9. The number of nitrogens with zero attached hydrogens (tertiary/aromatic N) is 4. The Balaban J connectivity index is 0.000000491. The van der Waals surface area contributed by atoms with Crippen LogP contribution >= 0.6 is 34.8 Å². The molecule has 0 fully saturated rings. The lowest BCUT2D eigenvalue weighted by atomic mass is 10.2. The lowest BCUT2D eigenvalue weighted by Crippen LogP contribution is -2.27. The number of hydrogen-bond acceptors (Lipinski definition) is 11. The third-order valence-corrected chi connectivity index (χ3v) is 4.89. The number of benzene rings is 1. The van der Waals surface area contributed by atoms with Crippen molar-refractivity contribution in [1.29, 1.82) is 0 Å². The van der Waals surface area contributed by atoms with Crippen LogP contribution < -0.4 is 10.6 Å². The van der Waals surface area contributed by atoms with E-state index in [4.69, 9.17) is 49.0 Å². The highest BCUT2D eigenvalue weighted by atomic mass is 35.5. The van der Waals surface area contributed by atoms with E-state index in [0.29, 0.717) is 11.4 Å². The average Bonchev–Trinajstić information content (AvgIpc) is 2.89. The molecule has 2 aromatic heterocycles. The van der Waals surface area contributed by atoms with Crippen molar-refractivity contribution in [2.75, 3.05) is 23.8 Å². The Morgan fingerprint density at radius 1 is 0.833 bits per heavy atom. The first kappa shape index (κ1) is 36.3. The Hall–Kier alpha value is -3.74. The number of carbonyl (C=O) groups is 3. The fraction of sp³-hybridized carbons (Fsp3) is 0.370. The van der Waals surface area contributed by atoms with E-state index in [1.807, 2.05) is 13.8 Å². The minimum Gasteiger partial charge on any atom is -0.462 e. The second kappa shape index (κ2) is 17.9. The van der Waals surface area contributed by atoms with Crippen LogP contribution in [0, 0.1) is 0 Å². The van der Waals surface area contributed by atoms with E-state index >= 15 is 0 Å². The summed E-state index contributed by atoms with van der Waals surface area (Å²) in [5.74, 6) is -0.924. The van der Waals surface area contributed by atoms with Gasteiger partial charge in [-0.2, -0.15) is 4.98 Å². The number of nitrogens with one attached hydrogen (secondary N) is 2. The molecule has 0 unspecified atom stereocenters. The molecule has 0 aliphatic heterocycles. The summed E-state index contributed by atoms with van der Waals surface area (Å²) in [6.07, 6.45) is 1.95. The molecule has 3 aromatic rings. The van der Waals surface area contributed by atoms with Crippen LogP contribution in [0.4, 0.5) is 22.0 Å². The second-order valence-corrected chi connectivity index (χ2v) is 9.55. The molecule has 0 aliphatic rings. The summed E-state index contributed by atoms with van der Waals surface area (Å²) in [4.78, 5) is 50.2. The number of hydrogen-bond donors (Lipinski definition) is 2. The molecule has 1 amide bonds. The van der Waals surface area contributed by atoms with E-state index in [1.54, 1.807) is 58.9 Å². The van der Waals surface area contributed by atoms with Crippen LogP contribution in [0.5, 0.6) is 0 Å². The maximum atomic E-state index is 12.1. The molecule has 0 saturated heterocycles. The summed E-state index contributed by atoms with van der Waals surface area (Å²) in [5.41, 5.74) is 0.738. The molecule has 228 valence electrons. The van der Waals surface area contributed by atoms with Crippen LogP contribution in [-0.2, 0) is 14.2 Å². The smallest absolute Gasteiger partial charge is 0.412 e. The van der Waals surface area contributed by atoms with Gasteiger partial charge >= 0.3 is 18.0 Å². The van der Waals surface area contributed by atoms with Crippen molar-refractivity contribution >= 4 is 70.0 Å². The van der Waals surface area contributed by atoms with Crippen molar-refractivity contribution in [2.45, 2.75) is 54.1 Å². The molecule has 42 heavy (non-hydrogen) atoms. The molecule has 0 aliphatic carbocycles. The van der Waals surface area contributed by atoms with Crippen molar-refractivity contribution < 1.29 is 28.6 Å². The average molecular weight is 644 g/mol. The highest BCUT2D eigenvalue weighted by Gasteiger charge is 2.18. The Morgan fingerprint density at radius 2 is 1.36 bits per heavy atom. The largest absolute Gasteiger partial charge is 0.462 e. The van der Waals surface area contributed by atoms with Crippen LogP contribution in [0.1, 0.15) is 69.2 Å². The fourth-order valence-corrected chi connectivity index (χ4v) is 3.25. The first-order chi connectivity index (χ1) is 19.8. The lowest BCUT2D eigenvalue weighted by molar-refractivity contribution is 0.0516. The Bertz CT molecular complexity index is 1350. The number of amides is 1. The number of halogens is 3. The second-order valence-electron chi connectivity index (χ2n) is 8.52. The molecule has 0 saturated carbocycles. The first-order valence-electron chi connectivity index (χ1n) is 12.7. The zero-order valence-electron chi connectivity index (χ0n) is 24.3. The summed E-state index contributed by atoms with van der Waals surface area (Å²) < 4.78 is 14.9. The van der Waals surface area contributed by atoms with Gasteiger partial charge in [-0.05, 0) is 76.0 Å². The van der Waals surface area contributed by atoms with Crippen molar-refractivity contribution in [3.63, 3.8) is 0 Å². The topological polar surface area (TPSA) is 155 Å². The number of aromatic nitrogens is 4. The molecule has 1 aromatic carbocycles. The quantitative estimate of drug-likeness (QED) is 0.115. The zero-order chi connectivity index (χ0) is 31.9. The van der Waals surface area contributed by atoms with Gasteiger partial charge in [-0.15, -0.1) is 0 Å². The lowest BCUT2D eigenvalue weighted by Gasteiger charge is -2.19. The molecule has 0 radical (unpaired) electrons. The van der Waals surface area contributed by atoms with Crippen LogP contribution in [-0.4, -0.2) is 56.8 Å². The SMILES string of the molecule is CC.CCOC(=O)c1cnc(Cl)nc1Cl.CCOC(=O)c1cnc(Cl)nc1Nc1cccc(NC(=O)OC(C)(C)C)c1. The highest BCUT2D eigenvalue weighted by Crippen LogP contribution is 2.23. The van der Waals surface area contributed by atoms with E-state index in [9.17, 15) is 14.4 Å². The van der Waals surface area contributed by atoms with E-state index in [2.05, 4.69) is 30.6 Å². The van der Waals surface area contributed by atoms with Gasteiger partial charge in [-0.25, -0.2) is 29.3 Å². The van der Waals surface area contributed by atoms with Crippen molar-refractivity contribution in [3.05, 3.63) is 63.5 Å². The highest BCUT2D eigenvalue weighted by molar-refractivity contribution is 6.33. The minimum absolute atomic E-state index is 0.00144. The zero-order valence-corrected chi connectivity index (χ0v) is 26.5. The summed E-state index contributed by atoms with van der Waals surface area (Å²) in [6.45, 7) is 13.2. The molecular weight excluding hydrogens is 611 g/mol. The predicted octanol–water partition coefficient (Wildman–Crippen LogP) is 7.38. The van der Waals surface area contributed by atoms with Gasteiger partial charge in [0.2, 0.25) is 10.6 Å². The molecule has 0 atom stereocenters. The van der Waals surface area contributed by atoms with E-state index < -0.39 is 23.6 Å². The van der Waals surface area contributed by atoms with Crippen LogP contribution in [0.3, 0.4) is 0 Å². The number of carbonyl (C=O) groups excluding carboxylic acids is 3. The van der Waals surface area contributed by atoms with Gasteiger partial charge in [-0.3, -0.25) is 5.32 Å². The summed E-state index contributed by atoms with van der Waals surface area (Å²) in [5, 5.41) is 5.61. The fourth-order valence-electron chi connectivity index (χ4n) is 2.73. The van der Waals surface area contributed by atoms with Crippen molar-refractivity contribution in [1.82, 2.24) is 19.9 Å². The molecule has 12 nitrogen and oxygen atoms in total. The molecular formula is C27H33Cl3N6O6. The predicted molar refractivity (Wildman–Crippen MR) is 162 cm³/mol. The Morgan fingerprint density at radius 3 is 1.90 bits per heavy atom.